The first-order valence-electron chi connectivity index (χ1n) is 7.97. The van der Waals surface area contributed by atoms with Gasteiger partial charge in [-0.2, -0.15) is 5.10 Å². The zero-order valence-corrected chi connectivity index (χ0v) is 13.6. The van der Waals surface area contributed by atoms with Crippen molar-refractivity contribution < 1.29 is 9.53 Å². The number of benzene rings is 1. The second-order valence-corrected chi connectivity index (χ2v) is 5.92. The van der Waals surface area contributed by atoms with Crippen LogP contribution in [0.2, 0.25) is 0 Å². The zero-order valence-electron chi connectivity index (χ0n) is 13.6. The molecular formula is C18H18N4O2. The van der Waals surface area contributed by atoms with Crippen molar-refractivity contribution in [1.29, 1.82) is 0 Å². The van der Waals surface area contributed by atoms with Crippen LogP contribution in [0.3, 0.4) is 0 Å². The molecule has 2 heterocycles. The van der Waals surface area contributed by atoms with Gasteiger partial charge in [-0.05, 0) is 37.1 Å². The van der Waals surface area contributed by atoms with E-state index in [-0.39, 0.29) is 5.91 Å². The highest BCUT2D eigenvalue weighted by molar-refractivity contribution is 5.94. The van der Waals surface area contributed by atoms with E-state index in [4.69, 9.17) is 4.74 Å². The molecule has 1 aliphatic carbocycles. The molecule has 1 N–H and O–H groups in total. The summed E-state index contributed by atoms with van der Waals surface area (Å²) in [5.74, 6) is 1.96. The van der Waals surface area contributed by atoms with Crippen LogP contribution in [0, 0.1) is 0 Å². The molecular weight excluding hydrogens is 304 g/mol. The summed E-state index contributed by atoms with van der Waals surface area (Å²) >= 11 is 0. The maximum absolute atomic E-state index is 11.7. The third kappa shape index (κ3) is 2.40. The molecule has 1 aromatic carbocycles. The smallest absolute Gasteiger partial charge is 0.251 e. The molecule has 0 saturated heterocycles. The van der Waals surface area contributed by atoms with Crippen molar-refractivity contribution in [3.05, 3.63) is 47.8 Å². The normalized spacial score (nSPS) is 13.9. The van der Waals surface area contributed by atoms with Crippen molar-refractivity contribution in [2.75, 3.05) is 14.2 Å². The van der Waals surface area contributed by atoms with Gasteiger partial charge >= 0.3 is 0 Å². The maximum atomic E-state index is 11.7. The number of aromatic nitrogens is 3. The Balaban J connectivity index is 1.82. The van der Waals surface area contributed by atoms with E-state index in [0.717, 1.165) is 35.6 Å². The molecule has 1 fully saturated rings. The molecule has 24 heavy (non-hydrogen) atoms. The largest absolute Gasteiger partial charge is 0.493 e. The van der Waals surface area contributed by atoms with Gasteiger partial charge in [0.15, 0.2) is 17.2 Å². The lowest BCUT2D eigenvalue weighted by Crippen LogP contribution is -2.17. The van der Waals surface area contributed by atoms with Gasteiger partial charge in [-0.15, -0.1) is 0 Å². The molecule has 0 spiro atoms. The SMILES string of the molecule is CNC(=O)c1ccc(-c2ccc(OC)c3nc(C4CC4)nn23)cc1. The summed E-state index contributed by atoms with van der Waals surface area (Å²) in [6.45, 7) is 0. The number of methoxy groups -OCH3 is 1. The molecule has 4 rings (SSSR count). The fraction of sp³-hybridized carbons (Fsp3) is 0.278. The third-order valence-corrected chi connectivity index (χ3v) is 4.30. The van der Waals surface area contributed by atoms with Gasteiger partial charge < -0.3 is 10.1 Å². The third-order valence-electron chi connectivity index (χ3n) is 4.30. The topological polar surface area (TPSA) is 68.5 Å². The second-order valence-electron chi connectivity index (χ2n) is 5.92. The Morgan fingerprint density at radius 3 is 2.58 bits per heavy atom. The predicted octanol–water partition coefficient (Wildman–Crippen LogP) is 2.64. The van der Waals surface area contributed by atoms with Crippen molar-refractivity contribution in [2.24, 2.45) is 0 Å². The number of hydrogen-bond acceptors (Lipinski definition) is 4. The molecule has 0 atom stereocenters. The fourth-order valence-corrected chi connectivity index (χ4v) is 2.78. The average molecular weight is 322 g/mol. The van der Waals surface area contributed by atoms with Crippen LogP contribution in [0.25, 0.3) is 16.9 Å². The Morgan fingerprint density at radius 1 is 1.21 bits per heavy atom. The van der Waals surface area contributed by atoms with Crippen molar-refractivity contribution in [1.82, 2.24) is 19.9 Å². The minimum Gasteiger partial charge on any atom is -0.493 e. The van der Waals surface area contributed by atoms with E-state index in [0.29, 0.717) is 17.2 Å². The summed E-state index contributed by atoms with van der Waals surface area (Å²) in [7, 11) is 3.26. The van der Waals surface area contributed by atoms with Crippen LogP contribution in [-0.2, 0) is 0 Å². The molecule has 6 nitrogen and oxygen atoms in total. The van der Waals surface area contributed by atoms with Crippen molar-refractivity contribution in [3.63, 3.8) is 0 Å². The van der Waals surface area contributed by atoms with E-state index < -0.39 is 0 Å². The van der Waals surface area contributed by atoms with Crippen LogP contribution in [0.4, 0.5) is 0 Å². The molecule has 1 aliphatic rings. The number of nitrogens with zero attached hydrogens (tertiary/aromatic N) is 3. The number of carbonyl (C=O) groups is 1. The van der Waals surface area contributed by atoms with Gasteiger partial charge in [0.25, 0.3) is 5.91 Å². The van der Waals surface area contributed by atoms with Gasteiger partial charge in [0.2, 0.25) is 0 Å². The van der Waals surface area contributed by atoms with E-state index in [1.165, 1.54) is 0 Å². The predicted molar refractivity (Wildman–Crippen MR) is 90.3 cm³/mol. The Labute approximate surface area is 139 Å². The number of rotatable bonds is 4. The van der Waals surface area contributed by atoms with E-state index in [9.17, 15) is 4.79 Å². The second kappa shape index (κ2) is 5.63. The van der Waals surface area contributed by atoms with Crippen LogP contribution in [0.15, 0.2) is 36.4 Å². The first-order valence-corrected chi connectivity index (χ1v) is 7.97. The highest BCUT2D eigenvalue weighted by atomic mass is 16.5. The average Bonchev–Trinajstić information content (AvgIpc) is 3.39. The van der Waals surface area contributed by atoms with Gasteiger partial charge in [-0.1, -0.05) is 12.1 Å². The van der Waals surface area contributed by atoms with Crippen LogP contribution in [0.1, 0.15) is 34.9 Å². The zero-order chi connectivity index (χ0) is 16.7. The number of nitrogens with one attached hydrogen (secondary N) is 1. The Kier molecular flexibility index (Phi) is 3.45. The van der Waals surface area contributed by atoms with Gasteiger partial charge in [0.1, 0.15) is 0 Å². The van der Waals surface area contributed by atoms with Crippen LogP contribution >= 0.6 is 0 Å². The number of amides is 1. The molecule has 0 unspecified atom stereocenters. The van der Waals surface area contributed by atoms with Gasteiger partial charge in [0, 0.05) is 24.1 Å². The summed E-state index contributed by atoms with van der Waals surface area (Å²) < 4.78 is 7.26. The Morgan fingerprint density at radius 2 is 1.96 bits per heavy atom. The molecule has 1 amide bonds. The molecule has 2 aromatic heterocycles. The van der Waals surface area contributed by atoms with Gasteiger partial charge in [-0.3, -0.25) is 4.79 Å². The Bertz CT molecular complexity index is 911. The fourth-order valence-electron chi connectivity index (χ4n) is 2.78. The summed E-state index contributed by atoms with van der Waals surface area (Å²) in [4.78, 5) is 16.3. The Hall–Kier alpha value is -2.89. The van der Waals surface area contributed by atoms with Crippen LogP contribution in [-0.4, -0.2) is 34.7 Å². The van der Waals surface area contributed by atoms with Gasteiger partial charge in [-0.25, -0.2) is 9.50 Å². The first-order chi connectivity index (χ1) is 11.7. The lowest BCUT2D eigenvalue weighted by molar-refractivity contribution is 0.0963. The van der Waals surface area contributed by atoms with E-state index in [1.807, 2.05) is 40.9 Å². The standard InChI is InChI=1S/C18H18N4O2/c1-19-18(23)13-7-3-11(4-8-13)14-9-10-15(24-2)17-20-16(12-5-6-12)21-22(14)17/h3-4,7-10,12H,5-6H2,1-2H3,(H,19,23). The summed E-state index contributed by atoms with van der Waals surface area (Å²) in [5, 5.41) is 7.30. The van der Waals surface area contributed by atoms with Crippen molar-refractivity contribution >= 4 is 11.6 Å². The van der Waals surface area contributed by atoms with Crippen molar-refractivity contribution in [2.45, 2.75) is 18.8 Å². The summed E-state index contributed by atoms with van der Waals surface area (Å²) in [6.07, 6.45) is 2.30. The van der Waals surface area contributed by atoms with Crippen molar-refractivity contribution in [3.8, 4) is 17.0 Å². The van der Waals surface area contributed by atoms with E-state index >= 15 is 0 Å². The van der Waals surface area contributed by atoms with E-state index in [2.05, 4.69) is 15.4 Å². The molecule has 122 valence electrons. The lowest BCUT2D eigenvalue weighted by Gasteiger charge is -2.08. The highest BCUT2D eigenvalue weighted by Gasteiger charge is 2.29. The first kappa shape index (κ1) is 14.7. The number of hydrogen-bond donors (Lipinski definition) is 1. The quantitative estimate of drug-likeness (QED) is 0.802. The molecule has 3 aromatic rings. The van der Waals surface area contributed by atoms with Gasteiger partial charge in [0.05, 0.1) is 12.8 Å². The van der Waals surface area contributed by atoms with Crippen LogP contribution in [0.5, 0.6) is 5.75 Å². The maximum Gasteiger partial charge on any atom is 0.251 e. The molecule has 0 radical (unpaired) electrons. The minimum atomic E-state index is -0.0989. The number of fused-ring (bicyclic) bond motifs is 1. The van der Waals surface area contributed by atoms with E-state index in [1.54, 1.807) is 14.2 Å². The number of ether oxygens (including phenoxy) is 1. The highest BCUT2D eigenvalue weighted by Crippen LogP contribution is 2.39. The number of carbonyl (C=O) groups excluding carboxylic acids is 1. The molecule has 0 bridgehead atoms. The minimum absolute atomic E-state index is 0.0989. The van der Waals surface area contributed by atoms with Crippen LogP contribution < -0.4 is 10.1 Å². The molecule has 6 heteroatoms. The summed E-state index contributed by atoms with van der Waals surface area (Å²) in [6, 6.07) is 11.3. The molecule has 0 aliphatic heterocycles. The molecule has 1 saturated carbocycles. The summed E-state index contributed by atoms with van der Waals surface area (Å²) in [5.41, 5.74) is 3.26. The lowest BCUT2D eigenvalue weighted by atomic mass is 10.1. The monoisotopic (exact) mass is 322 g/mol. The number of pyridine rings is 1.